The Kier molecular flexibility index (Phi) is 3.89. The van der Waals surface area contributed by atoms with Crippen LogP contribution < -0.4 is 11.1 Å². The van der Waals surface area contributed by atoms with Gasteiger partial charge in [0, 0.05) is 18.3 Å². The monoisotopic (exact) mass is 291 g/mol. The van der Waals surface area contributed by atoms with E-state index in [-0.39, 0.29) is 0 Å². The summed E-state index contributed by atoms with van der Waals surface area (Å²) >= 11 is 5.18. The quantitative estimate of drug-likeness (QED) is 0.836. The molecule has 108 valence electrons. The van der Waals surface area contributed by atoms with Crippen LogP contribution in [0.1, 0.15) is 43.0 Å². The second kappa shape index (κ2) is 5.66. The van der Waals surface area contributed by atoms with E-state index in [4.69, 9.17) is 27.7 Å². The zero-order chi connectivity index (χ0) is 14.1. The van der Waals surface area contributed by atoms with E-state index in [1.807, 2.05) is 0 Å². The van der Waals surface area contributed by atoms with Crippen molar-refractivity contribution in [3.8, 4) is 0 Å². The third kappa shape index (κ3) is 2.79. The van der Waals surface area contributed by atoms with E-state index >= 15 is 0 Å². The maximum atomic E-state index is 5.87. The van der Waals surface area contributed by atoms with Crippen molar-refractivity contribution in [3.63, 3.8) is 0 Å². The van der Waals surface area contributed by atoms with Crippen LogP contribution >= 0.6 is 12.2 Å². The number of anilines is 1. The minimum atomic E-state index is 0.295. The molecular formula is C15H21N3OS. The molecule has 20 heavy (non-hydrogen) atoms. The van der Waals surface area contributed by atoms with Crippen molar-refractivity contribution >= 4 is 23.0 Å². The van der Waals surface area contributed by atoms with Crippen LogP contribution in [0.3, 0.4) is 0 Å². The van der Waals surface area contributed by atoms with Crippen LogP contribution in [0.5, 0.6) is 0 Å². The Morgan fingerprint density at radius 2 is 2.35 bits per heavy atom. The Hall–Kier alpha value is -1.20. The van der Waals surface area contributed by atoms with Gasteiger partial charge < -0.3 is 15.8 Å². The van der Waals surface area contributed by atoms with Gasteiger partial charge in [0.2, 0.25) is 0 Å². The Bertz CT molecular complexity index is 532. The van der Waals surface area contributed by atoms with Gasteiger partial charge in [0.25, 0.3) is 0 Å². The van der Waals surface area contributed by atoms with Crippen LogP contribution in [0.15, 0.2) is 6.07 Å². The number of hydrogen-bond donors (Lipinski definition) is 2. The lowest BCUT2D eigenvalue weighted by molar-refractivity contribution is 0.0232. The molecule has 0 aromatic carbocycles. The summed E-state index contributed by atoms with van der Waals surface area (Å²) in [5, 5.41) is 3.53. The minimum absolute atomic E-state index is 0.295. The highest BCUT2D eigenvalue weighted by Crippen LogP contribution is 2.27. The predicted molar refractivity (Wildman–Crippen MR) is 84.2 cm³/mol. The largest absolute Gasteiger partial charge is 0.389 e. The second-order valence-electron chi connectivity index (χ2n) is 5.76. The van der Waals surface area contributed by atoms with Gasteiger partial charge in [0.15, 0.2) is 0 Å². The van der Waals surface area contributed by atoms with Crippen molar-refractivity contribution in [2.75, 3.05) is 11.9 Å². The van der Waals surface area contributed by atoms with Crippen molar-refractivity contribution < 1.29 is 4.74 Å². The molecule has 2 atom stereocenters. The number of thiocarbonyl (C=S) groups is 1. The van der Waals surface area contributed by atoms with Gasteiger partial charge in [-0.05, 0) is 50.7 Å². The molecular weight excluding hydrogens is 270 g/mol. The van der Waals surface area contributed by atoms with Crippen molar-refractivity contribution in [3.05, 3.63) is 22.9 Å². The molecule has 2 heterocycles. The molecule has 0 radical (unpaired) electrons. The molecule has 2 aliphatic rings. The number of rotatable bonds is 3. The molecule has 0 spiro atoms. The zero-order valence-electron chi connectivity index (χ0n) is 11.8. The lowest BCUT2D eigenvalue weighted by atomic mass is 10.0. The Morgan fingerprint density at radius 3 is 3.10 bits per heavy atom. The number of pyridine rings is 1. The first kappa shape index (κ1) is 13.8. The number of nitrogens with two attached hydrogens (primary N) is 1. The van der Waals surface area contributed by atoms with E-state index in [1.165, 1.54) is 17.7 Å². The fourth-order valence-corrected chi connectivity index (χ4v) is 3.25. The van der Waals surface area contributed by atoms with Gasteiger partial charge in [0.05, 0.1) is 11.7 Å². The van der Waals surface area contributed by atoms with Gasteiger partial charge in [-0.15, -0.1) is 0 Å². The molecule has 0 saturated carbocycles. The summed E-state index contributed by atoms with van der Waals surface area (Å²) in [6, 6.07) is 2.52. The average Bonchev–Trinajstić information content (AvgIpc) is 2.84. The summed E-state index contributed by atoms with van der Waals surface area (Å²) in [6.07, 6.45) is 5.62. The molecule has 1 aromatic heterocycles. The van der Waals surface area contributed by atoms with Crippen LogP contribution in [0, 0.1) is 0 Å². The highest BCUT2D eigenvalue weighted by molar-refractivity contribution is 7.80. The predicted octanol–water partition coefficient (Wildman–Crippen LogP) is 2.18. The number of aromatic nitrogens is 1. The van der Waals surface area contributed by atoms with Crippen molar-refractivity contribution in [1.29, 1.82) is 0 Å². The fraction of sp³-hybridized carbons (Fsp3) is 0.600. The van der Waals surface area contributed by atoms with Gasteiger partial charge in [-0.25, -0.2) is 4.98 Å². The van der Waals surface area contributed by atoms with E-state index in [0.29, 0.717) is 17.1 Å². The lowest BCUT2D eigenvalue weighted by Crippen LogP contribution is -2.33. The summed E-state index contributed by atoms with van der Waals surface area (Å²) in [6.45, 7) is 2.91. The number of nitrogens with zero attached hydrogens (tertiary/aromatic N) is 1. The van der Waals surface area contributed by atoms with E-state index in [9.17, 15) is 0 Å². The van der Waals surface area contributed by atoms with Gasteiger partial charge in [-0.1, -0.05) is 12.2 Å². The molecule has 1 aliphatic heterocycles. The van der Waals surface area contributed by atoms with E-state index in [2.05, 4.69) is 18.3 Å². The number of aryl methyl sites for hydroxylation is 2. The number of fused-ring (bicyclic) bond motifs is 1. The molecule has 1 saturated heterocycles. The molecule has 1 fully saturated rings. The molecule has 0 bridgehead atoms. The molecule has 5 heteroatoms. The molecule has 0 amide bonds. The second-order valence-corrected chi connectivity index (χ2v) is 6.20. The summed E-state index contributed by atoms with van der Waals surface area (Å²) in [7, 11) is 0. The van der Waals surface area contributed by atoms with E-state index < -0.39 is 0 Å². The number of ether oxygens (including phenoxy) is 1. The average molecular weight is 291 g/mol. The first-order chi connectivity index (χ1) is 9.63. The van der Waals surface area contributed by atoms with Crippen molar-refractivity contribution in [2.45, 2.75) is 51.2 Å². The zero-order valence-corrected chi connectivity index (χ0v) is 12.6. The SMILES string of the molecule is CC1CC(Nc2nc3c(cc2C(N)=S)CCC3)CCO1. The molecule has 1 aliphatic carbocycles. The summed E-state index contributed by atoms with van der Waals surface area (Å²) in [5.74, 6) is 0.859. The first-order valence-corrected chi connectivity index (χ1v) is 7.75. The van der Waals surface area contributed by atoms with Crippen LogP contribution in [0.4, 0.5) is 5.82 Å². The normalized spacial score (nSPS) is 25.2. The highest BCUT2D eigenvalue weighted by atomic mass is 32.1. The Labute approximate surface area is 125 Å². The maximum Gasteiger partial charge on any atom is 0.136 e. The van der Waals surface area contributed by atoms with Gasteiger partial charge in [-0.2, -0.15) is 0 Å². The summed E-state index contributed by atoms with van der Waals surface area (Å²) < 4.78 is 5.59. The summed E-state index contributed by atoms with van der Waals surface area (Å²) in [5.41, 5.74) is 9.26. The topological polar surface area (TPSA) is 60.2 Å². The van der Waals surface area contributed by atoms with Crippen LogP contribution in [-0.4, -0.2) is 28.7 Å². The van der Waals surface area contributed by atoms with Gasteiger partial charge >= 0.3 is 0 Å². The maximum absolute atomic E-state index is 5.87. The molecule has 2 unspecified atom stereocenters. The van der Waals surface area contributed by atoms with Gasteiger partial charge in [-0.3, -0.25) is 0 Å². The smallest absolute Gasteiger partial charge is 0.136 e. The third-order valence-electron chi connectivity index (χ3n) is 4.14. The minimum Gasteiger partial charge on any atom is -0.389 e. The summed E-state index contributed by atoms with van der Waals surface area (Å²) in [4.78, 5) is 5.20. The Morgan fingerprint density at radius 1 is 1.50 bits per heavy atom. The third-order valence-corrected chi connectivity index (χ3v) is 4.36. The fourth-order valence-electron chi connectivity index (χ4n) is 3.09. The number of hydrogen-bond acceptors (Lipinski definition) is 4. The molecule has 4 nitrogen and oxygen atoms in total. The van der Waals surface area contributed by atoms with Crippen LogP contribution in [0.25, 0.3) is 0 Å². The van der Waals surface area contributed by atoms with Crippen LogP contribution in [0.2, 0.25) is 0 Å². The van der Waals surface area contributed by atoms with Crippen molar-refractivity contribution in [1.82, 2.24) is 4.98 Å². The van der Waals surface area contributed by atoms with E-state index in [0.717, 1.165) is 43.7 Å². The first-order valence-electron chi connectivity index (χ1n) is 7.34. The number of nitrogens with one attached hydrogen (secondary N) is 1. The molecule has 3 N–H and O–H groups in total. The molecule has 1 aromatic rings. The lowest BCUT2D eigenvalue weighted by Gasteiger charge is -2.29. The van der Waals surface area contributed by atoms with Crippen molar-refractivity contribution in [2.24, 2.45) is 5.73 Å². The highest BCUT2D eigenvalue weighted by Gasteiger charge is 2.23. The van der Waals surface area contributed by atoms with Crippen LogP contribution in [-0.2, 0) is 17.6 Å². The van der Waals surface area contributed by atoms with Gasteiger partial charge in [0.1, 0.15) is 10.8 Å². The Balaban J connectivity index is 1.86. The standard InChI is InChI=1S/C15H21N3OS/c1-9-7-11(5-6-19-9)17-15-12(14(16)20)8-10-3-2-4-13(10)18-15/h8-9,11H,2-7H2,1H3,(H2,16,20)(H,17,18). The molecule has 3 rings (SSSR count). The van der Waals surface area contributed by atoms with E-state index in [1.54, 1.807) is 0 Å².